The van der Waals surface area contributed by atoms with Gasteiger partial charge in [-0.1, -0.05) is 12.1 Å². The number of aliphatic hydroxyl groups is 2. The van der Waals surface area contributed by atoms with Crippen LogP contribution in [0.15, 0.2) is 18.2 Å². The molecule has 0 aromatic heterocycles. The molecule has 2 rings (SSSR count). The van der Waals surface area contributed by atoms with Gasteiger partial charge in [0.25, 0.3) is 0 Å². The molecule has 82 valence electrons. The van der Waals surface area contributed by atoms with Crippen molar-refractivity contribution >= 4 is 0 Å². The Balaban J connectivity index is 2.33. The van der Waals surface area contributed by atoms with Crippen molar-refractivity contribution in [2.24, 2.45) is 5.92 Å². The largest absolute Gasteiger partial charge is 0.484 e. The average Bonchev–Trinajstić information content (AvgIpc) is 2.28. The summed E-state index contributed by atoms with van der Waals surface area (Å²) in [7, 11) is 0. The first-order valence-electron chi connectivity index (χ1n) is 4.92. The highest BCUT2D eigenvalue weighted by Gasteiger charge is 2.30. The van der Waals surface area contributed by atoms with E-state index in [2.05, 4.69) is 0 Å². The molecule has 0 fully saturated rings. The van der Waals surface area contributed by atoms with Crippen molar-refractivity contribution in [3.05, 3.63) is 29.6 Å². The summed E-state index contributed by atoms with van der Waals surface area (Å²) in [6, 6.07) is 4.71. The summed E-state index contributed by atoms with van der Waals surface area (Å²) in [5.74, 6) is -0.368. The number of para-hydroxylation sites is 1. The molecule has 15 heavy (non-hydrogen) atoms. The van der Waals surface area contributed by atoms with Crippen LogP contribution in [0.3, 0.4) is 0 Å². The van der Waals surface area contributed by atoms with E-state index in [4.69, 9.17) is 14.9 Å². The summed E-state index contributed by atoms with van der Waals surface area (Å²) in [5.41, 5.74) is 0.749. The van der Waals surface area contributed by atoms with Gasteiger partial charge >= 0.3 is 0 Å². The molecule has 2 N–H and O–H groups in total. The lowest BCUT2D eigenvalue weighted by Crippen LogP contribution is -2.38. The molecule has 0 unspecified atom stereocenters. The van der Waals surface area contributed by atoms with Gasteiger partial charge in [-0.15, -0.1) is 0 Å². The van der Waals surface area contributed by atoms with Crippen molar-refractivity contribution in [1.82, 2.24) is 0 Å². The first-order chi connectivity index (χ1) is 7.26. The van der Waals surface area contributed by atoms with E-state index in [0.29, 0.717) is 6.42 Å². The molecular weight excluding hydrogens is 199 g/mol. The number of fused-ring (bicyclic) bond motifs is 1. The Hall–Kier alpha value is -1.13. The fourth-order valence-electron chi connectivity index (χ4n) is 1.88. The maximum atomic E-state index is 13.3. The highest BCUT2D eigenvalue weighted by molar-refractivity contribution is 5.37. The molecule has 1 aliphatic rings. The minimum Gasteiger partial charge on any atom is -0.484 e. The van der Waals surface area contributed by atoms with Crippen LogP contribution >= 0.6 is 0 Å². The third-order valence-electron chi connectivity index (χ3n) is 2.74. The van der Waals surface area contributed by atoms with Gasteiger partial charge in [0, 0.05) is 12.5 Å². The first kappa shape index (κ1) is 10.4. The molecule has 1 aliphatic heterocycles. The van der Waals surface area contributed by atoms with Gasteiger partial charge in [0.15, 0.2) is 11.6 Å². The zero-order valence-electron chi connectivity index (χ0n) is 8.19. The smallest absolute Gasteiger partial charge is 0.165 e. The molecule has 4 heteroatoms. The van der Waals surface area contributed by atoms with E-state index in [1.165, 1.54) is 6.07 Å². The zero-order chi connectivity index (χ0) is 10.8. The van der Waals surface area contributed by atoms with Crippen LogP contribution in [0.4, 0.5) is 4.39 Å². The topological polar surface area (TPSA) is 49.7 Å². The third-order valence-corrected chi connectivity index (χ3v) is 2.74. The fraction of sp³-hybridized carbons (Fsp3) is 0.455. The lowest BCUT2D eigenvalue weighted by molar-refractivity contribution is 0.0248. The Bertz CT molecular complexity index is 354. The standard InChI is InChI=1S/C11H13FO3/c12-9-3-1-2-7-4-8(5-13)10(6-14)15-11(7)9/h1-3,8,10,13-14H,4-6H2/t8-,10-/m1/s1. The molecule has 0 saturated carbocycles. The van der Waals surface area contributed by atoms with Crippen LogP contribution in [0.25, 0.3) is 0 Å². The van der Waals surface area contributed by atoms with Crippen LogP contribution < -0.4 is 4.74 Å². The molecule has 0 radical (unpaired) electrons. The second kappa shape index (κ2) is 4.16. The van der Waals surface area contributed by atoms with Crippen LogP contribution in [-0.2, 0) is 6.42 Å². The summed E-state index contributed by atoms with van der Waals surface area (Å²) in [6.07, 6.45) is 0.0221. The molecule has 1 heterocycles. The number of ether oxygens (including phenoxy) is 1. The van der Waals surface area contributed by atoms with Gasteiger partial charge in [0.1, 0.15) is 6.10 Å². The van der Waals surface area contributed by atoms with E-state index in [1.54, 1.807) is 12.1 Å². The van der Waals surface area contributed by atoms with E-state index in [9.17, 15) is 4.39 Å². The lowest BCUT2D eigenvalue weighted by Gasteiger charge is -2.31. The molecule has 1 aromatic carbocycles. The van der Waals surface area contributed by atoms with Gasteiger partial charge in [-0.2, -0.15) is 0 Å². The second-order valence-corrected chi connectivity index (χ2v) is 3.71. The van der Waals surface area contributed by atoms with Gasteiger partial charge in [-0.05, 0) is 18.1 Å². The Kier molecular flexibility index (Phi) is 2.88. The summed E-state index contributed by atoms with van der Waals surface area (Å²) >= 11 is 0. The monoisotopic (exact) mass is 212 g/mol. The fourth-order valence-corrected chi connectivity index (χ4v) is 1.88. The minimum absolute atomic E-state index is 0.0683. The number of rotatable bonds is 2. The van der Waals surface area contributed by atoms with Crippen molar-refractivity contribution in [2.75, 3.05) is 13.2 Å². The predicted molar refractivity (Wildman–Crippen MR) is 52.2 cm³/mol. The van der Waals surface area contributed by atoms with Crippen molar-refractivity contribution in [3.63, 3.8) is 0 Å². The minimum atomic E-state index is -0.514. The van der Waals surface area contributed by atoms with Gasteiger partial charge in [-0.25, -0.2) is 4.39 Å². The number of benzene rings is 1. The number of hydrogen-bond acceptors (Lipinski definition) is 3. The van der Waals surface area contributed by atoms with Crippen molar-refractivity contribution < 1.29 is 19.3 Å². The summed E-state index contributed by atoms with van der Waals surface area (Å²) in [5, 5.41) is 18.2. The van der Waals surface area contributed by atoms with Gasteiger partial charge in [-0.3, -0.25) is 0 Å². The van der Waals surface area contributed by atoms with Gasteiger partial charge in [0.05, 0.1) is 6.61 Å². The average molecular weight is 212 g/mol. The van der Waals surface area contributed by atoms with Crippen LogP contribution in [0.5, 0.6) is 5.75 Å². The normalized spacial score (nSPS) is 24.5. The Morgan fingerprint density at radius 1 is 1.33 bits per heavy atom. The van der Waals surface area contributed by atoms with Crippen LogP contribution in [0.2, 0.25) is 0 Å². The van der Waals surface area contributed by atoms with Crippen molar-refractivity contribution in [2.45, 2.75) is 12.5 Å². The van der Waals surface area contributed by atoms with Crippen LogP contribution in [0.1, 0.15) is 5.56 Å². The highest BCUT2D eigenvalue weighted by atomic mass is 19.1. The Morgan fingerprint density at radius 3 is 2.80 bits per heavy atom. The first-order valence-corrected chi connectivity index (χ1v) is 4.92. The van der Waals surface area contributed by atoms with Crippen molar-refractivity contribution in [1.29, 1.82) is 0 Å². The summed E-state index contributed by atoms with van der Waals surface area (Å²) in [4.78, 5) is 0. The maximum absolute atomic E-state index is 13.3. The van der Waals surface area contributed by atoms with E-state index in [0.717, 1.165) is 5.56 Å². The predicted octanol–water partition coefficient (Wildman–Crippen LogP) is 0.730. The molecule has 0 bridgehead atoms. The quantitative estimate of drug-likeness (QED) is 0.759. The van der Waals surface area contributed by atoms with E-state index < -0.39 is 11.9 Å². The third kappa shape index (κ3) is 1.82. The number of halogens is 1. The SMILES string of the molecule is OC[C@H]1Cc2cccc(F)c2O[C@@H]1CO. The van der Waals surface area contributed by atoms with Gasteiger partial charge < -0.3 is 14.9 Å². The molecule has 0 aliphatic carbocycles. The van der Waals surface area contributed by atoms with E-state index >= 15 is 0 Å². The van der Waals surface area contributed by atoms with E-state index in [1.807, 2.05) is 0 Å². The zero-order valence-corrected chi connectivity index (χ0v) is 8.19. The summed E-state index contributed by atoms with van der Waals surface area (Å²) in [6.45, 7) is -0.278. The van der Waals surface area contributed by atoms with Crippen LogP contribution in [-0.4, -0.2) is 29.5 Å². The number of hydrogen-bond donors (Lipinski definition) is 2. The van der Waals surface area contributed by atoms with E-state index in [-0.39, 0.29) is 24.9 Å². The molecule has 3 nitrogen and oxygen atoms in total. The molecular formula is C11H13FO3. The van der Waals surface area contributed by atoms with Gasteiger partial charge in [0.2, 0.25) is 0 Å². The molecule has 2 atom stereocenters. The lowest BCUT2D eigenvalue weighted by atomic mass is 9.91. The number of aliphatic hydroxyl groups excluding tert-OH is 2. The molecule has 0 saturated heterocycles. The molecule has 0 amide bonds. The highest BCUT2D eigenvalue weighted by Crippen LogP contribution is 2.32. The van der Waals surface area contributed by atoms with Crippen molar-refractivity contribution in [3.8, 4) is 5.75 Å². The second-order valence-electron chi connectivity index (χ2n) is 3.71. The Labute approximate surface area is 87.1 Å². The molecule has 0 spiro atoms. The molecule has 1 aromatic rings. The Morgan fingerprint density at radius 2 is 2.13 bits per heavy atom. The summed E-state index contributed by atoms with van der Waals surface area (Å²) < 4.78 is 18.7. The van der Waals surface area contributed by atoms with Crippen LogP contribution in [0, 0.1) is 11.7 Å². The maximum Gasteiger partial charge on any atom is 0.165 e.